The SMILES string of the molecule is COc1ccc(-c2nc(N)ncc2-c2ccc3c(c2)OCO3)c2ccccc12. The Bertz CT molecular complexity index is 1210. The molecule has 0 saturated carbocycles. The van der Waals surface area contributed by atoms with Crippen LogP contribution in [0.2, 0.25) is 0 Å². The number of nitrogens with two attached hydrogens (primary N) is 1. The molecule has 3 aromatic carbocycles. The van der Waals surface area contributed by atoms with Crippen molar-refractivity contribution >= 4 is 16.7 Å². The van der Waals surface area contributed by atoms with Gasteiger partial charge in [-0.3, -0.25) is 0 Å². The van der Waals surface area contributed by atoms with Gasteiger partial charge in [-0.1, -0.05) is 30.3 Å². The van der Waals surface area contributed by atoms with Gasteiger partial charge in [0.05, 0.1) is 12.8 Å². The van der Waals surface area contributed by atoms with E-state index in [9.17, 15) is 0 Å². The summed E-state index contributed by atoms with van der Waals surface area (Å²) in [4.78, 5) is 8.79. The second kappa shape index (κ2) is 6.42. The van der Waals surface area contributed by atoms with Crippen molar-refractivity contribution in [3.63, 3.8) is 0 Å². The van der Waals surface area contributed by atoms with Crippen LogP contribution >= 0.6 is 0 Å². The lowest BCUT2D eigenvalue weighted by Crippen LogP contribution is -1.99. The first-order chi connectivity index (χ1) is 13.7. The Kier molecular flexibility index (Phi) is 3.76. The highest BCUT2D eigenvalue weighted by Gasteiger charge is 2.18. The fourth-order valence-electron chi connectivity index (χ4n) is 3.53. The molecule has 1 aliphatic rings. The number of ether oxygens (including phenoxy) is 3. The van der Waals surface area contributed by atoms with Crippen molar-refractivity contribution in [1.82, 2.24) is 9.97 Å². The number of methoxy groups -OCH3 is 1. The number of hydrogen-bond donors (Lipinski definition) is 1. The van der Waals surface area contributed by atoms with Crippen LogP contribution in [0.25, 0.3) is 33.2 Å². The highest BCUT2D eigenvalue weighted by molar-refractivity contribution is 6.02. The molecule has 2 N–H and O–H groups in total. The minimum absolute atomic E-state index is 0.222. The van der Waals surface area contributed by atoms with Crippen LogP contribution in [0.5, 0.6) is 17.2 Å². The standard InChI is InChI=1S/C22H17N3O3/c1-26-18-9-7-16(14-4-2-3-5-15(14)18)21-17(11-24-22(23)25-21)13-6-8-19-20(10-13)28-12-27-19/h2-11H,12H2,1H3,(H2,23,24,25). The van der Waals surface area contributed by atoms with Crippen LogP contribution in [-0.4, -0.2) is 23.9 Å². The van der Waals surface area contributed by atoms with Crippen molar-refractivity contribution in [1.29, 1.82) is 0 Å². The van der Waals surface area contributed by atoms with Crippen LogP contribution in [0, 0.1) is 0 Å². The molecule has 2 heterocycles. The van der Waals surface area contributed by atoms with Crippen LogP contribution in [0.3, 0.4) is 0 Å². The summed E-state index contributed by atoms with van der Waals surface area (Å²) < 4.78 is 16.5. The van der Waals surface area contributed by atoms with Crippen LogP contribution in [0.4, 0.5) is 5.95 Å². The maximum absolute atomic E-state index is 5.94. The molecule has 0 unspecified atom stereocenters. The third kappa shape index (κ3) is 2.58. The fraction of sp³-hybridized carbons (Fsp3) is 0.0909. The monoisotopic (exact) mass is 371 g/mol. The average molecular weight is 371 g/mol. The van der Waals surface area contributed by atoms with E-state index < -0.39 is 0 Å². The summed E-state index contributed by atoms with van der Waals surface area (Å²) in [6.07, 6.45) is 1.74. The van der Waals surface area contributed by atoms with Gasteiger partial charge in [0.1, 0.15) is 5.75 Å². The molecule has 6 heteroatoms. The van der Waals surface area contributed by atoms with E-state index >= 15 is 0 Å². The van der Waals surface area contributed by atoms with E-state index in [1.54, 1.807) is 13.3 Å². The van der Waals surface area contributed by atoms with Crippen LogP contribution in [0.1, 0.15) is 0 Å². The summed E-state index contributed by atoms with van der Waals surface area (Å²) >= 11 is 0. The maximum Gasteiger partial charge on any atom is 0.231 e. The van der Waals surface area contributed by atoms with E-state index in [0.29, 0.717) is 5.75 Å². The first kappa shape index (κ1) is 16.4. The summed E-state index contributed by atoms with van der Waals surface area (Å²) in [7, 11) is 1.67. The molecule has 6 nitrogen and oxygen atoms in total. The quantitative estimate of drug-likeness (QED) is 0.579. The molecule has 0 aliphatic carbocycles. The topological polar surface area (TPSA) is 79.5 Å². The molecule has 0 fully saturated rings. The molecule has 0 bridgehead atoms. The Labute approximate surface area is 161 Å². The van der Waals surface area contributed by atoms with Gasteiger partial charge in [0, 0.05) is 22.7 Å². The second-order valence-corrected chi connectivity index (χ2v) is 6.42. The molecule has 1 aliphatic heterocycles. The second-order valence-electron chi connectivity index (χ2n) is 6.42. The van der Waals surface area contributed by atoms with Gasteiger partial charge in [-0.2, -0.15) is 0 Å². The zero-order valence-corrected chi connectivity index (χ0v) is 15.2. The summed E-state index contributed by atoms with van der Waals surface area (Å²) in [5.74, 6) is 2.47. The molecule has 0 spiro atoms. The molecule has 0 atom stereocenters. The Morgan fingerprint density at radius 2 is 1.75 bits per heavy atom. The summed E-state index contributed by atoms with van der Waals surface area (Å²) in [6, 6.07) is 17.8. The van der Waals surface area contributed by atoms with Crippen molar-refractivity contribution < 1.29 is 14.2 Å². The molecule has 5 rings (SSSR count). The fourth-order valence-corrected chi connectivity index (χ4v) is 3.53. The van der Waals surface area contributed by atoms with Crippen molar-refractivity contribution in [3.05, 3.63) is 60.8 Å². The van der Waals surface area contributed by atoms with Crippen molar-refractivity contribution in [2.75, 3.05) is 19.6 Å². The zero-order valence-electron chi connectivity index (χ0n) is 15.2. The van der Waals surface area contributed by atoms with Gasteiger partial charge in [-0.25, -0.2) is 9.97 Å². The van der Waals surface area contributed by atoms with Gasteiger partial charge in [0.2, 0.25) is 12.7 Å². The number of nitrogens with zero attached hydrogens (tertiary/aromatic N) is 2. The molecule has 28 heavy (non-hydrogen) atoms. The number of benzene rings is 3. The van der Waals surface area contributed by atoms with Gasteiger partial charge in [-0.15, -0.1) is 0 Å². The van der Waals surface area contributed by atoms with Gasteiger partial charge in [0.15, 0.2) is 11.5 Å². The molecule has 1 aromatic heterocycles. The third-order valence-corrected chi connectivity index (χ3v) is 4.85. The van der Waals surface area contributed by atoms with Gasteiger partial charge in [0.25, 0.3) is 0 Å². The predicted molar refractivity (Wildman–Crippen MR) is 107 cm³/mol. The molecule has 0 radical (unpaired) electrons. The molecule has 138 valence electrons. The number of rotatable bonds is 3. The van der Waals surface area contributed by atoms with E-state index in [2.05, 4.69) is 16.0 Å². The molecule has 0 saturated heterocycles. The van der Waals surface area contributed by atoms with E-state index in [0.717, 1.165) is 44.7 Å². The Hall–Kier alpha value is -3.80. The molecular weight excluding hydrogens is 354 g/mol. The Morgan fingerprint density at radius 1 is 0.929 bits per heavy atom. The minimum Gasteiger partial charge on any atom is -0.496 e. The smallest absolute Gasteiger partial charge is 0.231 e. The number of fused-ring (bicyclic) bond motifs is 2. The van der Waals surface area contributed by atoms with Crippen molar-refractivity contribution in [2.24, 2.45) is 0 Å². The number of aromatic nitrogens is 2. The van der Waals surface area contributed by atoms with Crippen molar-refractivity contribution in [2.45, 2.75) is 0 Å². The largest absolute Gasteiger partial charge is 0.496 e. The number of hydrogen-bond acceptors (Lipinski definition) is 6. The number of nitrogen functional groups attached to an aromatic ring is 1. The summed E-state index contributed by atoms with van der Waals surface area (Å²) in [5, 5.41) is 2.04. The average Bonchev–Trinajstić information content (AvgIpc) is 3.21. The molecule has 4 aromatic rings. The van der Waals surface area contributed by atoms with Gasteiger partial charge >= 0.3 is 0 Å². The lowest BCUT2D eigenvalue weighted by atomic mass is 9.96. The normalized spacial score (nSPS) is 12.3. The van der Waals surface area contributed by atoms with E-state index in [4.69, 9.17) is 19.9 Å². The van der Waals surface area contributed by atoms with E-state index in [1.807, 2.05) is 48.5 Å². The molecule has 0 amide bonds. The van der Waals surface area contributed by atoms with Crippen molar-refractivity contribution in [3.8, 4) is 39.6 Å². The van der Waals surface area contributed by atoms with Crippen LogP contribution in [0.15, 0.2) is 60.8 Å². The van der Waals surface area contributed by atoms with Crippen LogP contribution < -0.4 is 19.9 Å². The van der Waals surface area contributed by atoms with Crippen LogP contribution in [-0.2, 0) is 0 Å². The lowest BCUT2D eigenvalue weighted by Gasteiger charge is -2.14. The van der Waals surface area contributed by atoms with E-state index in [-0.39, 0.29) is 12.7 Å². The zero-order chi connectivity index (χ0) is 19.1. The highest BCUT2D eigenvalue weighted by Crippen LogP contribution is 2.41. The summed E-state index contributed by atoms with van der Waals surface area (Å²) in [5.41, 5.74) is 9.45. The lowest BCUT2D eigenvalue weighted by molar-refractivity contribution is 0.174. The Morgan fingerprint density at radius 3 is 2.61 bits per heavy atom. The summed E-state index contributed by atoms with van der Waals surface area (Å²) in [6.45, 7) is 0.229. The molecular formula is C22H17N3O3. The predicted octanol–water partition coefficient (Wildman–Crippen LogP) is 4.28. The maximum atomic E-state index is 5.94. The Balaban J connectivity index is 1.76. The first-order valence-electron chi connectivity index (χ1n) is 8.83. The minimum atomic E-state index is 0.222. The van der Waals surface area contributed by atoms with Gasteiger partial charge in [-0.05, 0) is 35.2 Å². The number of anilines is 1. The highest BCUT2D eigenvalue weighted by atomic mass is 16.7. The van der Waals surface area contributed by atoms with E-state index in [1.165, 1.54) is 0 Å². The first-order valence-corrected chi connectivity index (χ1v) is 8.83. The van der Waals surface area contributed by atoms with Gasteiger partial charge < -0.3 is 19.9 Å². The third-order valence-electron chi connectivity index (χ3n) is 4.85.